The summed E-state index contributed by atoms with van der Waals surface area (Å²) in [4.78, 5) is 4.42. The van der Waals surface area contributed by atoms with Crippen molar-refractivity contribution in [3.8, 4) is 0 Å². The van der Waals surface area contributed by atoms with Crippen LogP contribution in [0, 0.1) is 6.92 Å². The van der Waals surface area contributed by atoms with Crippen LogP contribution in [0.2, 0.25) is 0 Å². The van der Waals surface area contributed by atoms with E-state index in [9.17, 15) is 0 Å². The highest BCUT2D eigenvalue weighted by Gasteiger charge is 2.24. The van der Waals surface area contributed by atoms with Gasteiger partial charge in [0.1, 0.15) is 0 Å². The third-order valence-electron chi connectivity index (χ3n) is 2.64. The number of aromatic nitrogens is 3. The second kappa shape index (κ2) is 2.79. The van der Waals surface area contributed by atoms with Crippen LogP contribution in [0.5, 0.6) is 0 Å². The van der Waals surface area contributed by atoms with E-state index in [4.69, 9.17) is 0 Å². The maximum atomic E-state index is 4.42. The zero-order chi connectivity index (χ0) is 9.71. The fraction of sp³-hybridized carbons (Fsp3) is 0.400. The molecule has 0 unspecified atom stereocenters. The van der Waals surface area contributed by atoms with E-state index in [2.05, 4.69) is 32.2 Å². The predicted molar refractivity (Wildman–Crippen MR) is 57.4 cm³/mol. The summed E-state index contributed by atoms with van der Waals surface area (Å²) in [7, 11) is 0. The van der Waals surface area contributed by atoms with Gasteiger partial charge in [-0.15, -0.1) is 0 Å². The Morgan fingerprint density at radius 2 is 2.29 bits per heavy atom. The van der Waals surface area contributed by atoms with Crippen molar-refractivity contribution >= 4 is 21.6 Å². The topological polar surface area (TPSA) is 30.2 Å². The van der Waals surface area contributed by atoms with Crippen LogP contribution >= 0.6 is 15.9 Å². The Hall–Kier alpha value is -0.900. The van der Waals surface area contributed by atoms with Crippen molar-refractivity contribution in [2.45, 2.75) is 25.7 Å². The molecule has 0 N–H and O–H groups in total. The zero-order valence-electron chi connectivity index (χ0n) is 7.87. The second-order valence-corrected chi connectivity index (χ2v) is 4.62. The van der Waals surface area contributed by atoms with Gasteiger partial charge in [-0.25, -0.2) is 9.50 Å². The molecule has 2 aromatic rings. The lowest BCUT2D eigenvalue weighted by molar-refractivity contribution is 0.891. The molecule has 0 aliphatic heterocycles. The number of rotatable bonds is 1. The highest BCUT2D eigenvalue weighted by atomic mass is 79.9. The summed E-state index contributed by atoms with van der Waals surface area (Å²) in [6, 6.07) is 0. The van der Waals surface area contributed by atoms with Gasteiger partial charge >= 0.3 is 0 Å². The molecular formula is C10H10BrN3. The molecule has 2 heterocycles. The lowest BCUT2D eigenvalue weighted by atomic mass is 10.2. The highest BCUT2D eigenvalue weighted by Crippen LogP contribution is 2.39. The summed E-state index contributed by atoms with van der Waals surface area (Å²) in [5.41, 5.74) is 3.21. The first-order valence-electron chi connectivity index (χ1n) is 4.76. The summed E-state index contributed by atoms with van der Waals surface area (Å²) >= 11 is 3.48. The maximum absolute atomic E-state index is 4.42. The van der Waals surface area contributed by atoms with Gasteiger partial charge in [0.25, 0.3) is 0 Å². The average molecular weight is 252 g/mol. The number of hydrogen-bond acceptors (Lipinski definition) is 2. The Morgan fingerprint density at radius 1 is 1.50 bits per heavy atom. The predicted octanol–water partition coefficient (Wildman–Crippen LogP) is 2.68. The van der Waals surface area contributed by atoms with Gasteiger partial charge in [-0.3, -0.25) is 0 Å². The molecule has 0 atom stereocenters. The first kappa shape index (κ1) is 8.41. The van der Waals surface area contributed by atoms with Crippen LogP contribution in [0.3, 0.4) is 0 Å². The molecule has 0 bridgehead atoms. The molecule has 1 aliphatic carbocycles. The van der Waals surface area contributed by atoms with Crippen molar-refractivity contribution in [2.75, 3.05) is 0 Å². The van der Waals surface area contributed by atoms with E-state index in [0.717, 1.165) is 21.7 Å². The van der Waals surface area contributed by atoms with Gasteiger partial charge < -0.3 is 0 Å². The average Bonchev–Trinajstić information content (AvgIpc) is 2.96. The molecule has 0 spiro atoms. The van der Waals surface area contributed by atoms with E-state index in [-0.39, 0.29) is 0 Å². The van der Waals surface area contributed by atoms with Crippen molar-refractivity contribution in [1.82, 2.24) is 14.6 Å². The molecule has 3 nitrogen and oxygen atoms in total. The molecule has 1 aliphatic rings. The standard InChI is InChI=1S/C10H10BrN3/c1-6-9(11)10-12-4-8(7-2-3-7)5-14(10)13-6/h4-5,7H,2-3H2,1H3. The number of aryl methyl sites for hydroxylation is 1. The van der Waals surface area contributed by atoms with Gasteiger partial charge in [-0.1, -0.05) is 0 Å². The van der Waals surface area contributed by atoms with E-state index in [1.165, 1.54) is 18.4 Å². The SMILES string of the molecule is Cc1nn2cc(C3CC3)cnc2c1Br. The fourth-order valence-corrected chi connectivity index (χ4v) is 2.02. The van der Waals surface area contributed by atoms with Crippen molar-refractivity contribution in [2.24, 2.45) is 0 Å². The molecule has 1 saturated carbocycles. The largest absolute Gasteiger partial charge is 0.236 e. The Morgan fingerprint density at radius 3 is 3.00 bits per heavy atom. The van der Waals surface area contributed by atoms with Crippen LogP contribution in [0.4, 0.5) is 0 Å². The molecular weight excluding hydrogens is 242 g/mol. The van der Waals surface area contributed by atoms with Crippen molar-refractivity contribution in [3.63, 3.8) is 0 Å². The van der Waals surface area contributed by atoms with Crippen LogP contribution in [0.15, 0.2) is 16.9 Å². The van der Waals surface area contributed by atoms with Crippen LogP contribution in [-0.2, 0) is 0 Å². The van der Waals surface area contributed by atoms with E-state index < -0.39 is 0 Å². The Bertz CT molecular complexity index is 499. The van der Waals surface area contributed by atoms with Crippen molar-refractivity contribution < 1.29 is 0 Å². The van der Waals surface area contributed by atoms with E-state index in [1.807, 2.05) is 17.6 Å². The first-order chi connectivity index (χ1) is 6.75. The molecule has 72 valence electrons. The van der Waals surface area contributed by atoms with Gasteiger partial charge in [0.05, 0.1) is 10.2 Å². The summed E-state index contributed by atoms with van der Waals surface area (Å²) < 4.78 is 2.87. The molecule has 1 fully saturated rings. The molecule has 14 heavy (non-hydrogen) atoms. The Kier molecular flexibility index (Phi) is 1.68. The third kappa shape index (κ3) is 1.17. The smallest absolute Gasteiger partial charge is 0.169 e. The van der Waals surface area contributed by atoms with Crippen LogP contribution in [0.1, 0.15) is 30.0 Å². The normalized spacial score (nSPS) is 16.4. The number of hydrogen-bond donors (Lipinski definition) is 0. The van der Waals surface area contributed by atoms with Gasteiger partial charge in [0.2, 0.25) is 0 Å². The van der Waals surface area contributed by atoms with Gasteiger partial charge in [0, 0.05) is 12.4 Å². The molecule has 0 aromatic carbocycles. The molecule has 3 rings (SSSR count). The first-order valence-corrected chi connectivity index (χ1v) is 5.55. The van der Waals surface area contributed by atoms with Crippen LogP contribution in [-0.4, -0.2) is 14.6 Å². The highest BCUT2D eigenvalue weighted by molar-refractivity contribution is 9.10. The quantitative estimate of drug-likeness (QED) is 0.781. The lowest BCUT2D eigenvalue weighted by Gasteiger charge is -1.97. The summed E-state index contributed by atoms with van der Waals surface area (Å²) in [5, 5.41) is 4.39. The van der Waals surface area contributed by atoms with Gasteiger partial charge in [-0.05, 0) is 47.2 Å². The second-order valence-electron chi connectivity index (χ2n) is 3.83. The van der Waals surface area contributed by atoms with E-state index in [1.54, 1.807) is 0 Å². The van der Waals surface area contributed by atoms with E-state index >= 15 is 0 Å². The molecule has 0 saturated heterocycles. The molecule has 0 amide bonds. The Labute approximate surface area is 90.3 Å². The fourth-order valence-electron chi connectivity index (χ4n) is 1.66. The minimum Gasteiger partial charge on any atom is -0.236 e. The summed E-state index contributed by atoms with van der Waals surface area (Å²) in [6.07, 6.45) is 6.67. The monoisotopic (exact) mass is 251 g/mol. The Balaban J connectivity index is 2.23. The van der Waals surface area contributed by atoms with Crippen molar-refractivity contribution in [3.05, 3.63) is 28.1 Å². The molecule has 4 heteroatoms. The maximum Gasteiger partial charge on any atom is 0.169 e. The zero-order valence-corrected chi connectivity index (χ0v) is 9.45. The van der Waals surface area contributed by atoms with Gasteiger partial charge in [0.15, 0.2) is 5.65 Å². The minimum atomic E-state index is 0.732. The molecule has 0 radical (unpaired) electrons. The van der Waals surface area contributed by atoms with Crippen molar-refractivity contribution in [1.29, 1.82) is 0 Å². The number of fused-ring (bicyclic) bond motifs is 1. The molecule has 2 aromatic heterocycles. The van der Waals surface area contributed by atoms with Gasteiger partial charge in [-0.2, -0.15) is 5.10 Å². The minimum absolute atomic E-state index is 0.732. The number of halogens is 1. The van der Waals surface area contributed by atoms with E-state index in [0.29, 0.717) is 0 Å². The lowest BCUT2D eigenvalue weighted by Crippen LogP contribution is -1.93. The third-order valence-corrected chi connectivity index (χ3v) is 3.57. The summed E-state index contributed by atoms with van der Waals surface area (Å²) in [5.74, 6) is 0.732. The van der Waals surface area contributed by atoms with Crippen LogP contribution in [0.25, 0.3) is 5.65 Å². The number of nitrogens with zero attached hydrogens (tertiary/aromatic N) is 3. The summed E-state index contributed by atoms with van der Waals surface area (Å²) in [6.45, 7) is 1.98. The van der Waals surface area contributed by atoms with Crippen LogP contribution < -0.4 is 0 Å².